The van der Waals surface area contributed by atoms with Gasteiger partial charge in [-0.15, -0.1) is 0 Å². The van der Waals surface area contributed by atoms with E-state index in [-0.39, 0.29) is 9.79 Å². The highest BCUT2D eigenvalue weighted by Gasteiger charge is 2.25. The molecule has 5 nitrogen and oxygen atoms in total. The van der Waals surface area contributed by atoms with E-state index in [1.54, 1.807) is 60.7 Å². The quantitative estimate of drug-likeness (QED) is 0.509. The van der Waals surface area contributed by atoms with E-state index < -0.39 is 31.4 Å². The van der Waals surface area contributed by atoms with Crippen molar-refractivity contribution in [2.45, 2.75) is 9.79 Å². The van der Waals surface area contributed by atoms with Crippen LogP contribution in [0, 0.1) is 0 Å². The summed E-state index contributed by atoms with van der Waals surface area (Å²) in [4.78, 5) is 1.65. The van der Waals surface area contributed by atoms with Gasteiger partial charge in [0.05, 0.1) is 9.79 Å². The first kappa shape index (κ1) is 20.6. The summed E-state index contributed by atoms with van der Waals surface area (Å²) in [5.41, 5.74) is 0.494. The van der Waals surface area contributed by atoms with Crippen LogP contribution < -0.4 is 4.90 Å². The van der Waals surface area contributed by atoms with Gasteiger partial charge in [0.25, 0.3) is 0 Å². The summed E-state index contributed by atoms with van der Waals surface area (Å²) in [6, 6.07) is 22.9. The fourth-order valence-corrected chi connectivity index (χ4v) is 5.92. The van der Waals surface area contributed by atoms with Crippen LogP contribution in [0.4, 0.5) is 5.69 Å². The van der Waals surface area contributed by atoms with Crippen LogP contribution >= 0.6 is 15.9 Å². The molecule has 0 spiro atoms. The van der Waals surface area contributed by atoms with Crippen LogP contribution in [-0.4, -0.2) is 28.6 Å². The molecule has 0 saturated carbocycles. The second-order valence-electron chi connectivity index (χ2n) is 6.13. The van der Waals surface area contributed by atoms with E-state index in [9.17, 15) is 16.8 Å². The summed E-state index contributed by atoms with van der Waals surface area (Å²) in [5.74, 6) is -0.918. The number of hydrogen-bond acceptors (Lipinski definition) is 5. The minimum atomic E-state index is -3.73. The van der Waals surface area contributed by atoms with Crippen molar-refractivity contribution in [1.29, 1.82) is 0 Å². The molecule has 0 aliphatic rings. The number of nitrogens with zero attached hydrogens (tertiary/aromatic N) is 1. The summed E-state index contributed by atoms with van der Waals surface area (Å²) in [7, 11) is -7.46. The first-order valence-electron chi connectivity index (χ1n) is 8.34. The molecule has 0 bridgehead atoms. The third-order valence-electron chi connectivity index (χ3n) is 4.03. The van der Waals surface area contributed by atoms with E-state index in [4.69, 9.17) is 0 Å². The van der Waals surface area contributed by atoms with Gasteiger partial charge in [-0.05, 0) is 42.5 Å². The number of hydrogen-bond donors (Lipinski definition) is 0. The lowest BCUT2D eigenvalue weighted by Gasteiger charge is -2.24. The molecule has 0 saturated heterocycles. The van der Waals surface area contributed by atoms with E-state index in [1.165, 1.54) is 29.2 Å². The van der Waals surface area contributed by atoms with E-state index in [0.717, 1.165) is 4.47 Å². The van der Waals surface area contributed by atoms with Gasteiger partial charge in [0, 0.05) is 10.2 Å². The smallest absolute Gasteiger partial charge is 0.196 e. The summed E-state index contributed by atoms with van der Waals surface area (Å²) in [5, 5.41) is 0. The van der Waals surface area contributed by atoms with Gasteiger partial charge in [0.2, 0.25) is 0 Å². The number of sulfone groups is 2. The number of halogens is 1. The molecule has 0 heterocycles. The Kier molecular flexibility index (Phi) is 6.22. The van der Waals surface area contributed by atoms with Crippen LogP contribution in [0.1, 0.15) is 0 Å². The predicted molar refractivity (Wildman–Crippen MR) is 114 cm³/mol. The van der Waals surface area contributed by atoms with Gasteiger partial charge in [-0.25, -0.2) is 16.8 Å². The first-order valence-corrected chi connectivity index (χ1v) is 12.4. The Morgan fingerprint density at radius 1 is 0.643 bits per heavy atom. The molecule has 0 amide bonds. The molecular formula is C20H18BrNO4S2. The SMILES string of the molecule is O=S(=O)(CN(CS(=O)(=O)c1ccccc1)c1cccc(Br)c1)c1ccccc1. The molecule has 8 heteroatoms. The fraction of sp³-hybridized carbons (Fsp3) is 0.100. The monoisotopic (exact) mass is 479 g/mol. The van der Waals surface area contributed by atoms with Crippen molar-refractivity contribution in [2.75, 3.05) is 16.7 Å². The van der Waals surface area contributed by atoms with Crippen molar-refractivity contribution in [2.24, 2.45) is 0 Å². The van der Waals surface area contributed by atoms with E-state index >= 15 is 0 Å². The average molecular weight is 480 g/mol. The molecule has 0 N–H and O–H groups in total. The van der Waals surface area contributed by atoms with E-state index in [2.05, 4.69) is 15.9 Å². The van der Waals surface area contributed by atoms with Gasteiger partial charge >= 0.3 is 0 Å². The Morgan fingerprint density at radius 3 is 1.54 bits per heavy atom. The summed E-state index contributed by atoms with van der Waals surface area (Å²) >= 11 is 3.35. The van der Waals surface area contributed by atoms with Gasteiger partial charge in [0.15, 0.2) is 19.7 Å². The topological polar surface area (TPSA) is 71.5 Å². The largest absolute Gasteiger partial charge is 0.342 e. The van der Waals surface area contributed by atoms with Gasteiger partial charge in [-0.1, -0.05) is 58.4 Å². The van der Waals surface area contributed by atoms with Crippen molar-refractivity contribution in [3.8, 4) is 0 Å². The van der Waals surface area contributed by atoms with Crippen LogP contribution in [0.5, 0.6) is 0 Å². The Hall–Kier alpha value is -2.16. The third kappa shape index (κ3) is 5.01. The standard InChI is InChI=1S/C20H18BrNO4S2/c21-17-8-7-9-18(14-17)22(15-27(23,24)19-10-3-1-4-11-19)16-28(25,26)20-12-5-2-6-13-20/h1-14H,15-16H2. The second-order valence-corrected chi connectivity index (χ2v) is 11.0. The molecule has 3 rings (SSSR count). The zero-order valence-electron chi connectivity index (χ0n) is 14.8. The molecule has 0 aliphatic carbocycles. The van der Waals surface area contributed by atoms with Crippen molar-refractivity contribution in [3.63, 3.8) is 0 Å². The lowest BCUT2D eigenvalue weighted by molar-refractivity contribution is 0.589. The summed E-state index contributed by atoms with van der Waals surface area (Å²) in [6.07, 6.45) is 0. The molecule has 0 aliphatic heterocycles. The maximum atomic E-state index is 12.9. The summed E-state index contributed by atoms with van der Waals surface area (Å²) in [6.45, 7) is 0. The van der Waals surface area contributed by atoms with Crippen molar-refractivity contribution in [3.05, 3.63) is 89.4 Å². The molecule has 146 valence electrons. The third-order valence-corrected chi connectivity index (χ3v) is 7.81. The zero-order valence-corrected chi connectivity index (χ0v) is 18.0. The van der Waals surface area contributed by atoms with E-state index in [0.29, 0.717) is 5.69 Å². The molecule has 3 aromatic rings. The Labute approximate surface area is 173 Å². The van der Waals surface area contributed by atoms with Crippen LogP contribution in [0.15, 0.2) is 99.2 Å². The normalized spacial score (nSPS) is 11.9. The molecule has 0 fully saturated rings. The van der Waals surface area contributed by atoms with Gasteiger partial charge in [-0.2, -0.15) is 0 Å². The number of benzene rings is 3. The maximum Gasteiger partial charge on any atom is 0.196 e. The number of rotatable bonds is 7. The molecule has 0 radical (unpaired) electrons. The minimum Gasteiger partial charge on any atom is -0.342 e. The van der Waals surface area contributed by atoms with E-state index in [1.807, 2.05) is 0 Å². The van der Waals surface area contributed by atoms with Gasteiger partial charge in [-0.3, -0.25) is 0 Å². The fourth-order valence-electron chi connectivity index (χ4n) is 2.67. The molecule has 28 heavy (non-hydrogen) atoms. The predicted octanol–water partition coefficient (Wildman–Crippen LogP) is 4.12. The Balaban J connectivity index is 1.99. The van der Waals surface area contributed by atoms with Crippen molar-refractivity contribution in [1.82, 2.24) is 0 Å². The number of anilines is 1. The Bertz CT molecular complexity index is 1080. The van der Waals surface area contributed by atoms with Gasteiger partial charge < -0.3 is 4.90 Å². The molecule has 0 atom stereocenters. The van der Waals surface area contributed by atoms with Gasteiger partial charge in [0.1, 0.15) is 11.8 Å². The molecule has 0 unspecified atom stereocenters. The first-order chi connectivity index (χ1) is 13.3. The maximum absolute atomic E-state index is 12.9. The Morgan fingerprint density at radius 2 is 1.11 bits per heavy atom. The van der Waals surface area contributed by atoms with Crippen molar-refractivity contribution >= 4 is 41.3 Å². The van der Waals surface area contributed by atoms with Crippen LogP contribution in [0.2, 0.25) is 0 Å². The van der Waals surface area contributed by atoms with Crippen molar-refractivity contribution < 1.29 is 16.8 Å². The van der Waals surface area contributed by atoms with Crippen LogP contribution in [0.25, 0.3) is 0 Å². The van der Waals surface area contributed by atoms with Crippen LogP contribution in [0.3, 0.4) is 0 Å². The average Bonchev–Trinajstić information content (AvgIpc) is 2.68. The molecule has 3 aromatic carbocycles. The minimum absolute atomic E-state index is 0.145. The molecular weight excluding hydrogens is 462 g/mol. The van der Waals surface area contributed by atoms with Crippen LogP contribution in [-0.2, 0) is 19.7 Å². The molecule has 0 aromatic heterocycles. The lowest BCUT2D eigenvalue weighted by Crippen LogP contribution is -2.34. The summed E-state index contributed by atoms with van der Waals surface area (Å²) < 4.78 is 52.2. The highest BCUT2D eigenvalue weighted by molar-refractivity contribution is 9.10. The highest BCUT2D eigenvalue weighted by atomic mass is 79.9. The zero-order chi connectivity index (χ0) is 20.2. The highest BCUT2D eigenvalue weighted by Crippen LogP contribution is 2.24. The lowest BCUT2D eigenvalue weighted by atomic mass is 10.3. The second kappa shape index (κ2) is 8.46.